The minimum absolute atomic E-state index is 0.139. The summed E-state index contributed by atoms with van der Waals surface area (Å²) in [5, 5.41) is 0.521. The third kappa shape index (κ3) is 3.39. The molecule has 1 aliphatic heterocycles. The van der Waals surface area contributed by atoms with Crippen LogP contribution in [0.2, 0.25) is 5.02 Å². The highest BCUT2D eigenvalue weighted by atomic mass is 35.5. The molecular weight excluding hydrogens is 382 g/mol. The summed E-state index contributed by atoms with van der Waals surface area (Å²) in [5.41, 5.74) is 2.27. The van der Waals surface area contributed by atoms with E-state index in [1.807, 2.05) is 12.1 Å². The highest BCUT2D eigenvalue weighted by Gasteiger charge is 2.23. The summed E-state index contributed by atoms with van der Waals surface area (Å²) in [7, 11) is 3.14. The molecule has 2 aromatic heterocycles. The minimum Gasteiger partial charge on any atom is -0.493 e. The molecule has 3 aromatic rings. The minimum atomic E-state index is -0.139. The molecule has 1 N–H and O–H groups in total. The van der Waals surface area contributed by atoms with Gasteiger partial charge in [0.15, 0.2) is 23.1 Å². The molecule has 0 unspecified atom stereocenters. The average molecular weight is 402 g/mol. The third-order valence-electron chi connectivity index (χ3n) is 4.86. The number of rotatable bonds is 5. The lowest BCUT2D eigenvalue weighted by Gasteiger charge is -2.28. The smallest absolute Gasteiger partial charge is 0.256 e. The average Bonchev–Trinajstić information content (AvgIpc) is 3.24. The summed E-state index contributed by atoms with van der Waals surface area (Å²) >= 11 is 6.50. The number of aromatic nitrogens is 2. The van der Waals surface area contributed by atoms with E-state index in [0.717, 1.165) is 17.8 Å². The lowest BCUT2D eigenvalue weighted by Crippen LogP contribution is -2.35. The summed E-state index contributed by atoms with van der Waals surface area (Å²) < 4.78 is 16.0. The number of ether oxygens (including phenoxy) is 2. The Morgan fingerprint density at radius 3 is 2.86 bits per heavy atom. The molecule has 0 atom stereocenters. The van der Waals surface area contributed by atoms with Gasteiger partial charge in [0, 0.05) is 26.1 Å². The highest BCUT2D eigenvalue weighted by Crippen LogP contribution is 2.38. The van der Waals surface area contributed by atoms with Crippen LogP contribution in [0.4, 0.5) is 0 Å². The molecule has 0 aliphatic carbocycles. The maximum Gasteiger partial charge on any atom is 0.256 e. The second-order valence-corrected chi connectivity index (χ2v) is 6.93. The van der Waals surface area contributed by atoms with Crippen molar-refractivity contribution in [1.82, 2.24) is 14.9 Å². The normalized spacial score (nSPS) is 14.0. The van der Waals surface area contributed by atoms with Gasteiger partial charge in [-0.3, -0.25) is 9.69 Å². The Hall–Kier alpha value is -2.77. The van der Waals surface area contributed by atoms with Crippen LogP contribution in [0.3, 0.4) is 0 Å². The van der Waals surface area contributed by atoms with E-state index < -0.39 is 0 Å². The number of H-pyrrole nitrogens is 1. The molecular formula is C20H20ClN3O4. The van der Waals surface area contributed by atoms with Crippen LogP contribution in [0.5, 0.6) is 11.5 Å². The number of hydrogen-bond acceptors (Lipinski definition) is 6. The first-order valence-electron chi connectivity index (χ1n) is 8.88. The van der Waals surface area contributed by atoms with Gasteiger partial charge in [0.2, 0.25) is 0 Å². The number of nitrogens with zero attached hydrogens (tertiary/aromatic N) is 2. The first-order valence-corrected chi connectivity index (χ1v) is 9.26. The molecule has 8 heteroatoms. The van der Waals surface area contributed by atoms with Gasteiger partial charge < -0.3 is 18.9 Å². The molecule has 146 valence electrons. The summed E-state index contributed by atoms with van der Waals surface area (Å²) in [6, 6.07) is 7.30. The number of nitrogens with one attached hydrogen (secondary N) is 1. The van der Waals surface area contributed by atoms with E-state index in [4.69, 9.17) is 25.5 Å². The summed E-state index contributed by atoms with van der Waals surface area (Å²) in [4.78, 5) is 22.2. The second kappa shape index (κ2) is 7.69. The number of benzene rings is 1. The van der Waals surface area contributed by atoms with Gasteiger partial charge in [0.1, 0.15) is 0 Å². The molecule has 0 radical (unpaired) electrons. The van der Waals surface area contributed by atoms with Gasteiger partial charge in [-0.15, -0.1) is 0 Å². The van der Waals surface area contributed by atoms with Crippen molar-refractivity contribution in [3.8, 4) is 23.1 Å². The fraction of sp³-hybridized carbons (Fsp3) is 0.300. The Morgan fingerprint density at radius 1 is 1.29 bits per heavy atom. The van der Waals surface area contributed by atoms with Gasteiger partial charge in [-0.1, -0.05) is 17.7 Å². The maximum absolute atomic E-state index is 12.6. The lowest BCUT2D eigenvalue weighted by molar-refractivity contribution is 0.241. The van der Waals surface area contributed by atoms with Crippen molar-refractivity contribution in [2.75, 3.05) is 20.8 Å². The monoisotopic (exact) mass is 401 g/mol. The number of aromatic amines is 1. The third-order valence-corrected chi connectivity index (χ3v) is 5.28. The van der Waals surface area contributed by atoms with E-state index in [0.29, 0.717) is 53.2 Å². The highest BCUT2D eigenvalue weighted by molar-refractivity contribution is 6.33. The molecule has 0 fully saturated rings. The molecule has 1 aromatic carbocycles. The van der Waals surface area contributed by atoms with Gasteiger partial charge in [0.05, 0.1) is 36.8 Å². The quantitative estimate of drug-likeness (QED) is 0.706. The van der Waals surface area contributed by atoms with Crippen molar-refractivity contribution >= 4 is 11.6 Å². The van der Waals surface area contributed by atoms with E-state index in [1.54, 1.807) is 32.6 Å². The first-order chi connectivity index (χ1) is 13.6. The van der Waals surface area contributed by atoms with Crippen LogP contribution in [-0.2, 0) is 19.5 Å². The van der Waals surface area contributed by atoms with Crippen LogP contribution in [0, 0.1) is 0 Å². The number of methoxy groups -OCH3 is 2. The van der Waals surface area contributed by atoms with E-state index >= 15 is 0 Å². The van der Waals surface area contributed by atoms with Gasteiger partial charge in [-0.2, -0.15) is 0 Å². The van der Waals surface area contributed by atoms with Crippen molar-refractivity contribution in [2.45, 2.75) is 19.5 Å². The van der Waals surface area contributed by atoms with E-state index in [1.165, 1.54) is 0 Å². The molecule has 0 saturated heterocycles. The molecule has 3 heterocycles. The summed E-state index contributed by atoms with van der Waals surface area (Å²) in [6.07, 6.45) is 2.24. The molecule has 28 heavy (non-hydrogen) atoms. The van der Waals surface area contributed by atoms with Crippen LogP contribution >= 0.6 is 11.6 Å². The van der Waals surface area contributed by atoms with Crippen molar-refractivity contribution in [3.05, 3.63) is 62.7 Å². The van der Waals surface area contributed by atoms with Crippen molar-refractivity contribution in [1.29, 1.82) is 0 Å². The van der Waals surface area contributed by atoms with Crippen LogP contribution < -0.4 is 15.0 Å². The van der Waals surface area contributed by atoms with Crippen LogP contribution in [0.1, 0.15) is 16.8 Å². The first kappa shape index (κ1) is 18.6. The molecule has 4 rings (SSSR count). The summed E-state index contributed by atoms with van der Waals surface area (Å²) in [6.45, 7) is 1.87. The predicted molar refractivity (Wildman–Crippen MR) is 105 cm³/mol. The zero-order valence-corrected chi connectivity index (χ0v) is 16.4. The Morgan fingerprint density at radius 2 is 2.14 bits per heavy atom. The van der Waals surface area contributed by atoms with Gasteiger partial charge in [-0.05, 0) is 23.8 Å². The van der Waals surface area contributed by atoms with Gasteiger partial charge in [0.25, 0.3) is 5.56 Å². The molecule has 0 bridgehead atoms. The lowest BCUT2D eigenvalue weighted by atomic mass is 10.1. The summed E-state index contributed by atoms with van der Waals surface area (Å²) in [5.74, 6) is 2.12. The second-order valence-electron chi connectivity index (χ2n) is 6.55. The Labute approximate surface area is 166 Å². The van der Waals surface area contributed by atoms with Crippen LogP contribution in [0.25, 0.3) is 11.6 Å². The van der Waals surface area contributed by atoms with Gasteiger partial charge in [-0.25, -0.2) is 4.98 Å². The standard InChI is InChI=1S/C20H20ClN3O4/c1-26-15-6-5-12(17(21)18(15)27-2)10-24-8-7-14-13(11-24)20(25)23-19(22-14)16-4-3-9-28-16/h3-6,9H,7-8,10-11H2,1-2H3,(H,22,23,25). The molecule has 7 nitrogen and oxygen atoms in total. The van der Waals surface area contributed by atoms with Crippen molar-refractivity contribution in [2.24, 2.45) is 0 Å². The number of hydrogen-bond donors (Lipinski definition) is 1. The van der Waals surface area contributed by atoms with Crippen LogP contribution in [0.15, 0.2) is 39.7 Å². The van der Waals surface area contributed by atoms with Crippen LogP contribution in [-0.4, -0.2) is 35.6 Å². The fourth-order valence-electron chi connectivity index (χ4n) is 3.44. The molecule has 0 spiro atoms. The SMILES string of the molecule is COc1ccc(CN2CCc3nc(-c4ccco4)[nH]c(=O)c3C2)c(Cl)c1OC. The zero-order chi connectivity index (χ0) is 19.7. The largest absolute Gasteiger partial charge is 0.493 e. The number of halogens is 1. The Balaban J connectivity index is 1.58. The zero-order valence-electron chi connectivity index (χ0n) is 15.6. The molecule has 1 aliphatic rings. The van der Waals surface area contributed by atoms with E-state index in [9.17, 15) is 4.79 Å². The van der Waals surface area contributed by atoms with E-state index in [2.05, 4.69) is 14.9 Å². The van der Waals surface area contributed by atoms with Gasteiger partial charge >= 0.3 is 0 Å². The Kier molecular flexibility index (Phi) is 5.11. The Bertz CT molecular complexity index is 1050. The van der Waals surface area contributed by atoms with E-state index in [-0.39, 0.29) is 5.56 Å². The molecule has 0 amide bonds. The number of fused-ring (bicyclic) bond motifs is 1. The number of furan rings is 1. The molecule has 0 saturated carbocycles. The topological polar surface area (TPSA) is 80.6 Å². The maximum atomic E-state index is 12.6. The fourth-order valence-corrected chi connectivity index (χ4v) is 3.73. The predicted octanol–water partition coefficient (Wildman–Crippen LogP) is 3.26. The van der Waals surface area contributed by atoms with Crippen molar-refractivity contribution in [3.63, 3.8) is 0 Å². The van der Waals surface area contributed by atoms with Crippen molar-refractivity contribution < 1.29 is 13.9 Å².